The summed E-state index contributed by atoms with van der Waals surface area (Å²) >= 11 is 0. The first-order valence-electron chi connectivity index (χ1n) is 12.4. The lowest BCUT2D eigenvalue weighted by Crippen LogP contribution is -2.10. The normalized spacial score (nSPS) is 11.2. The van der Waals surface area contributed by atoms with Gasteiger partial charge in [-0.2, -0.15) is 4.98 Å². The number of hydrogen-bond donors (Lipinski definition) is 2. The third-order valence-electron chi connectivity index (χ3n) is 5.85. The highest BCUT2D eigenvalue weighted by Gasteiger charge is 2.22. The molecule has 41 heavy (non-hydrogen) atoms. The van der Waals surface area contributed by atoms with E-state index in [1.807, 2.05) is 26.0 Å². The third-order valence-corrected chi connectivity index (χ3v) is 5.85. The Bertz CT molecular complexity index is 1800. The highest BCUT2D eigenvalue weighted by Crippen LogP contribution is 2.28. The molecule has 0 spiro atoms. The predicted octanol–water partition coefficient (Wildman–Crippen LogP) is 4.63. The van der Waals surface area contributed by atoms with E-state index in [0.29, 0.717) is 22.8 Å². The zero-order chi connectivity index (χ0) is 29.3. The third kappa shape index (κ3) is 5.73. The maximum atomic E-state index is 13.3. The topological polar surface area (TPSA) is 189 Å². The van der Waals surface area contributed by atoms with Crippen LogP contribution in [0.2, 0.25) is 0 Å². The van der Waals surface area contributed by atoms with Crippen LogP contribution in [0, 0.1) is 27.7 Å². The van der Waals surface area contributed by atoms with Crippen molar-refractivity contribution in [3.05, 3.63) is 76.7 Å². The molecule has 0 aromatic carbocycles. The molecule has 0 aliphatic rings. The van der Waals surface area contributed by atoms with Crippen LogP contribution in [0.25, 0.3) is 29.2 Å². The molecule has 0 atom stereocenters. The number of nitrogens with one attached hydrogen (secondary N) is 1. The van der Waals surface area contributed by atoms with Gasteiger partial charge < -0.3 is 19.9 Å². The number of Topliss-reactive ketones (excluding diaryl/α,β-unsaturated/α-hetero) is 1. The fourth-order valence-corrected chi connectivity index (χ4v) is 4.07. The predicted molar refractivity (Wildman–Crippen MR) is 149 cm³/mol. The Morgan fingerprint density at radius 2 is 1.61 bits per heavy atom. The van der Waals surface area contributed by atoms with Gasteiger partial charge in [-0.3, -0.25) is 14.6 Å². The number of ketones is 2. The van der Waals surface area contributed by atoms with Crippen molar-refractivity contribution >= 4 is 35.1 Å². The molecular formula is C28H25N9O4. The lowest BCUT2D eigenvalue weighted by molar-refractivity contribution is 0.101. The number of carbonyl (C=O) groups is 2. The Labute approximate surface area is 234 Å². The molecule has 0 aliphatic heterocycles. The number of pyridine rings is 1. The fourth-order valence-electron chi connectivity index (χ4n) is 4.07. The lowest BCUT2D eigenvalue weighted by atomic mass is 10.1. The Hall–Kier alpha value is -5.59. The summed E-state index contributed by atoms with van der Waals surface area (Å²) < 4.78 is 11.0. The number of nitrogen functional groups attached to an aromatic ring is 1. The van der Waals surface area contributed by atoms with Gasteiger partial charge in [-0.25, -0.2) is 24.9 Å². The van der Waals surface area contributed by atoms with Crippen LogP contribution in [-0.4, -0.2) is 46.5 Å². The van der Waals surface area contributed by atoms with Crippen LogP contribution in [0.5, 0.6) is 0 Å². The van der Waals surface area contributed by atoms with Gasteiger partial charge in [-0.1, -0.05) is 0 Å². The number of nitrogens with two attached hydrogens (primary N) is 1. The van der Waals surface area contributed by atoms with Crippen LogP contribution in [-0.2, 0) is 0 Å². The van der Waals surface area contributed by atoms with Crippen LogP contribution in [0.3, 0.4) is 0 Å². The van der Waals surface area contributed by atoms with E-state index in [1.54, 1.807) is 19.9 Å². The molecule has 5 heterocycles. The molecule has 0 saturated heterocycles. The quantitative estimate of drug-likeness (QED) is 0.201. The molecule has 5 aromatic heterocycles. The molecule has 13 nitrogen and oxygen atoms in total. The molecular weight excluding hydrogens is 526 g/mol. The SMILES string of the molecule is CC(=O)c1nc(C)c(-c2nc(Nc3nc(-c4ncco4)c(C)nc3C(=O)/C=C/c3cc(C)cc(C)n3)co2)nc1N. The van der Waals surface area contributed by atoms with E-state index in [1.165, 1.54) is 31.7 Å². The van der Waals surface area contributed by atoms with Gasteiger partial charge in [0, 0.05) is 12.6 Å². The highest BCUT2D eigenvalue weighted by molar-refractivity contribution is 6.08. The molecule has 0 aliphatic carbocycles. The van der Waals surface area contributed by atoms with Crippen molar-refractivity contribution in [1.82, 2.24) is 34.9 Å². The van der Waals surface area contributed by atoms with Crippen molar-refractivity contribution in [3.63, 3.8) is 0 Å². The Morgan fingerprint density at radius 3 is 2.29 bits per heavy atom. The summed E-state index contributed by atoms with van der Waals surface area (Å²) in [5.74, 6) is -0.119. The summed E-state index contributed by atoms with van der Waals surface area (Å²) in [6.07, 6.45) is 7.22. The minimum atomic E-state index is -0.416. The number of allylic oxidation sites excluding steroid dienone is 1. The van der Waals surface area contributed by atoms with Crippen LogP contribution < -0.4 is 11.1 Å². The summed E-state index contributed by atoms with van der Waals surface area (Å²) in [6, 6.07) is 3.82. The Balaban J connectivity index is 1.51. The lowest BCUT2D eigenvalue weighted by Gasteiger charge is -2.10. The molecule has 0 bridgehead atoms. The second-order valence-electron chi connectivity index (χ2n) is 9.21. The number of hydrogen-bond acceptors (Lipinski definition) is 13. The molecule has 5 aromatic rings. The van der Waals surface area contributed by atoms with Gasteiger partial charge in [0.05, 0.1) is 23.3 Å². The number of aromatic nitrogens is 7. The minimum absolute atomic E-state index is 0.0361. The van der Waals surface area contributed by atoms with Crippen molar-refractivity contribution in [3.8, 4) is 23.2 Å². The Morgan fingerprint density at radius 1 is 0.878 bits per heavy atom. The summed E-state index contributed by atoms with van der Waals surface area (Å²) in [5.41, 5.74) is 9.96. The molecule has 5 rings (SSSR count). The number of aryl methyl sites for hydroxylation is 4. The van der Waals surface area contributed by atoms with Crippen LogP contribution in [0.15, 0.2) is 45.8 Å². The summed E-state index contributed by atoms with van der Waals surface area (Å²) in [6.45, 7) is 8.56. The smallest absolute Gasteiger partial charge is 0.249 e. The molecule has 0 unspecified atom stereocenters. The number of nitrogens with zero attached hydrogens (tertiary/aromatic N) is 7. The second kappa shape index (κ2) is 10.9. The average Bonchev–Trinajstić information content (AvgIpc) is 3.61. The Kier molecular flexibility index (Phi) is 7.17. The molecule has 0 saturated carbocycles. The maximum absolute atomic E-state index is 13.3. The van der Waals surface area contributed by atoms with Gasteiger partial charge in [0.2, 0.25) is 17.6 Å². The highest BCUT2D eigenvalue weighted by atomic mass is 16.3. The zero-order valence-corrected chi connectivity index (χ0v) is 22.9. The van der Waals surface area contributed by atoms with Gasteiger partial charge in [-0.05, 0) is 57.5 Å². The first kappa shape index (κ1) is 27.0. The fraction of sp³-hybridized carbons (Fsp3) is 0.179. The zero-order valence-electron chi connectivity index (χ0n) is 22.9. The van der Waals surface area contributed by atoms with Gasteiger partial charge >= 0.3 is 0 Å². The van der Waals surface area contributed by atoms with Crippen molar-refractivity contribution < 1.29 is 18.4 Å². The van der Waals surface area contributed by atoms with E-state index in [2.05, 4.69) is 40.2 Å². The van der Waals surface area contributed by atoms with Crippen LogP contribution >= 0.6 is 0 Å². The average molecular weight is 552 g/mol. The minimum Gasteiger partial charge on any atom is -0.443 e. The number of oxazole rings is 2. The van der Waals surface area contributed by atoms with E-state index in [4.69, 9.17) is 14.6 Å². The van der Waals surface area contributed by atoms with E-state index >= 15 is 0 Å². The first-order valence-corrected chi connectivity index (χ1v) is 12.4. The maximum Gasteiger partial charge on any atom is 0.249 e. The number of rotatable bonds is 8. The van der Waals surface area contributed by atoms with Crippen LogP contribution in [0.1, 0.15) is 56.2 Å². The second-order valence-corrected chi connectivity index (χ2v) is 9.21. The summed E-state index contributed by atoms with van der Waals surface area (Å²) in [5, 5.41) is 3.00. The summed E-state index contributed by atoms with van der Waals surface area (Å²) in [4.78, 5) is 55.7. The standard InChI is InChI=1S/C28H25N9O4/c1-13-10-14(2)31-18(11-13)6-7-19(39)24-26(37-21(15(3)33-24)27-30-8-9-40-27)34-20-12-41-28(35-20)22-16(4)32-23(17(5)38)25(29)36-22/h6-12H,1-5H3,(H2,29,36)(H,34,37)/b7-6+. The molecule has 0 fully saturated rings. The molecule has 3 N–H and O–H groups in total. The van der Waals surface area contributed by atoms with Gasteiger partial charge in [0.25, 0.3) is 0 Å². The van der Waals surface area contributed by atoms with Gasteiger partial charge in [0.15, 0.2) is 28.9 Å². The largest absolute Gasteiger partial charge is 0.443 e. The molecule has 13 heteroatoms. The van der Waals surface area contributed by atoms with E-state index in [9.17, 15) is 9.59 Å². The molecule has 0 radical (unpaired) electrons. The first-order chi connectivity index (χ1) is 19.6. The monoisotopic (exact) mass is 551 g/mol. The van der Waals surface area contributed by atoms with Crippen molar-refractivity contribution in [2.24, 2.45) is 0 Å². The molecule has 0 amide bonds. The summed E-state index contributed by atoms with van der Waals surface area (Å²) in [7, 11) is 0. The van der Waals surface area contributed by atoms with E-state index in [-0.39, 0.29) is 52.1 Å². The van der Waals surface area contributed by atoms with Crippen molar-refractivity contribution in [2.45, 2.75) is 34.6 Å². The van der Waals surface area contributed by atoms with Crippen LogP contribution in [0.4, 0.5) is 17.5 Å². The van der Waals surface area contributed by atoms with E-state index in [0.717, 1.165) is 11.3 Å². The number of anilines is 3. The van der Waals surface area contributed by atoms with E-state index < -0.39 is 5.78 Å². The van der Waals surface area contributed by atoms with Gasteiger partial charge in [0.1, 0.15) is 29.6 Å². The van der Waals surface area contributed by atoms with Gasteiger partial charge in [-0.15, -0.1) is 0 Å². The van der Waals surface area contributed by atoms with Crippen molar-refractivity contribution in [2.75, 3.05) is 11.1 Å². The number of carbonyl (C=O) groups excluding carboxylic acids is 2. The van der Waals surface area contributed by atoms with Crippen molar-refractivity contribution in [1.29, 1.82) is 0 Å². The molecule has 206 valence electrons.